The molecule has 2 unspecified atom stereocenters. The quantitative estimate of drug-likeness (QED) is 0.926. The predicted molar refractivity (Wildman–Crippen MR) is 79.7 cm³/mol. The second-order valence-corrected chi connectivity index (χ2v) is 7.99. The minimum atomic E-state index is -2.96. The van der Waals surface area contributed by atoms with E-state index < -0.39 is 9.84 Å². The number of hydrogen-bond acceptors (Lipinski definition) is 3. The predicted octanol–water partition coefficient (Wildman–Crippen LogP) is 2.14. The third-order valence-electron chi connectivity index (χ3n) is 3.51. The van der Waals surface area contributed by atoms with Gasteiger partial charge in [0.2, 0.25) is 5.91 Å². The maximum absolute atomic E-state index is 11.9. The highest BCUT2D eigenvalue weighted by Crippen LogP contribution is 2.22. The molecule has 20 heavy (non-hydrogen) atoms. The van der Waals surface area contributed by atoms with Gasteiger partial charge in [-0.2, -0.15) is 0 Å². The molecule has 0 spiro atoms. The number of halogens is 1. The van der Waals surface area contributed by atoms with Crippen LogP contribution in [0.2, 0.25) is 5.02 Å². The first-order valence-corrected chi connectivity index (χ1v) is 8.81. The van der Waals surface area contributed by atoms with Crippen LogP contribution in [-0.2, 0) is 14.6 Å². The molecule has 0 saturated carbocycles. The standard InChI is InChI=1S/C14H18ClNO3S/c1-10(11-3-2-4-12(15)8-11)7-14(17)16-13-5-6-20(18,19)9-13/h2-4,8,10,13H,5-7,9H2,1H3,(H,16,17). The van der Waals surface area contributed by atoms with E-state index in [1.807, 2.05) is 25.1 Å². The lowest BCUT2D eigenvalue weighted by atomic mass is 9.97. The Labute approximate surface area is 124 Å². The molecule has 1 saturated heterocycles. The summed E-state index contributed by atoms with van der Waals surface area (Å²) in [5.41, 5.74) is 1.01. The Bertz CT molecular complexity index is 600. The van der Waals surface area contributed by atoms with Crippen LogP contribution in [0.1, 0.15) is 31.2 Å². The Morgan fingerprint density at radius 1 is 1.50 bits per heavy atom. The van der Waals surface area contributed by atoms with Crippen molar-refractivity contribution < 1.29 is 13.2 Å². The Morgan fingerprint density at radius 2 is 2.25 bits per heavy atom. The number of rotatable bonds is 4. The second kappa shape index (κ2) is 6.14. The Kier molecular flexibility index (Phi) is 4.70. The second-order valence-electron chi connectivity index (χ2n) is 5.33. The van der Waals surface area contributed by atoms with E-state index in [0.29, 0.717) is 17.9 Å². The topological polar surface area (TPSA) is 63.2 Å². The minimum Gasteiger partial charge on any atom is -0.352 e. The maximum Gasteiger partial charge on any atom is 0.220 e. The van der Waals surface area contributed by atoms with E-state index in [9.17, 15) is 13.2 Å². The van der Waals surface area contributed by atoms with Gasteiger partial charge >= 0.3 is 0 Å². The highest BCUT2D eigenvalue weighted by molar-refractivity contribution is 7.91. The summed E-state index contributed by atoms with van der Waals surface area (Å²) in [6.45, 7) is 1.95. The number of nitrogens with one attached hydrogen (secondary N) is 1. The van der Waals surface area contributed by atoms with Crippen molar-refractivity contribution in [2.24, 2.45) is 0 Å². The SMILES string of the molecule is CC(CC(=O)NC1CCS(=O)(=O)C1)c1cccc(Cl)c1. The van der Waals surface area contributed by atoms with Crippen LogP contribution in [0.5, 0.6) is 0 Å². The fourth-order valence-electron chi connectivity index (χ4n) is 2.40. The molecule has 4 nitrogen and oxygen atoms in total. The smallest absolute Gasteiger partial charge is 0.220 e. The zero-order valence-corrected chi connectivity index (χ0v) is 12.9. The highest BCUT2D eigenvalue weighted by atomic mass is 35.5. The van der Waals surface area contributed by atoms with E-state index >= 15 is 0 Å². The summed E-state index contributed by atoms with van der Waals surface area (Å²) < 4.78 is 22.7. The molecule has 0 aliphatic carbocycles. The van der Waals surface area contributed by atoms with E-state index in [-0.39, 0.29) is 29.4 Å². The molecule has 2 atom stereocenters. The van der Waals surface area contributed by atoms with Crippen LogP contribution >= 0.6 is 11.6 Å². The molecule has 1 aliphatic heterocycles. The van der Waals surface area contributed by atoms with E-state index in [0.717, 1.165) is 5.56 Å². The van der Waals surface area contributed by atoms with Gasteiger partial charge in [-0.3, -0.25) is 4.79 Å². The Morgan fingerprint density at radius 3 is 2.85 bits per heavy atom. The summed E-state index contributed by atoms with van der Waals surface area (Å²) in [5, 5.41) is 3.45. The van der Waals surface area contributed by atoms with Crippen molar-refractivity contribution in [1.82, 2.24) is 5.32 Å². The lowest BCUT2D eigenvalue weighted by Crippen LogP contribution is -2.36. The van der Waals surface area contributed by atoms with Crippen molar-refractivity contribution in [3.8, 4) is 0 Å². The minimum absolute atomic E-state index is 0.0479. The Hall–Kier alpha value is -1.07. The van der Waals surface area contributed by atoms with Gasteiger partial charge in [0.15, 0.2) is 9.84 Å². The molecule has 110 valence electrons. The normalized spacial score (nSPS) is 22.4. The fourth-order valence-corrected chi connectivity index (χ4v) is 4.28. The molecule has 6 heteroatoms. The van der Waals surface area contributed by atoms with E-state index in [2.05, 4.69) is 5.32 Å². The van der Waals surface area contributed by atoms with Crippen molar-refractivity contribution in [3.05, 3.63) is 34.9 Å². The number of benzene rings is 1. The lowest BCUT2D eigenvalue weighted by molar-refractivity contribution is -0.121. The first-order valence-electron chi connectivity index (χ1n) is 6.61. The molecule has 2 rings (SSSR count). The number of hydrogen-bond donors (Lipinski definition) is 1. The van der Waals surface area contributed by atoms with Gasteiger partial charge in [-0.1, -0.05) is 30.7 Å². The van der Waals surface area contributed by atoms with Crippen molar-refractivity contribution in [2.75, 3.05) is 11.5 Å². The number of carbonyl (C=O) groups excluding carboxylic acids is 1. The van der Waals surface area contributed by atoms with Gasteiger partial charge in [0.05, 0.1) is 11.5 Å². The van der Waals surface area contributed by atoms with E-state index in [1.54, 1.807) is 6.07 Å². The zero-order valence-electron chi connectivity index (χ0n) is 11.3. The maximum atomic E-state index is 11.9. The van der Waals surface area contributed by atoms with Crippen LogP contribution in [0.3, 0.4) is 0 Å². The Balaban J connectivity index is 1.88. The van der Waals surface area contributed by atoms with Gasteiger partial charge in [0.25, 0.3) is 0 Å². The molecule has 1 N–H and O–H groups in total. The van der Waals surface area contributed by atoms with Crippen LogP contribution < -0.4 is 5.32 Å². The van der Waals surface area contributed by atoms with Gasteiger partial charge < -0.3 is 5.32 Å². The molecule has 0 radical (unpaired) electrons. The average molecular weight is 316 g/mol. The fraction of sp³-hybridized carbons (Fsp3) is 0.500. The molecule has 0 aromatic heterocycles. The van der Waals surface area contributed by atoms with Crippen molar-refractivity contribution in [3.63, 3.8) is 0 Å². The molecule has 1 aliphatic rings. The molecule has 0 bridgehead atoms. The monoisotopic (exact) mass is 315 g/mol. The van der Waals surface area contributed by atoms with Crippen LogP contribution in [0, 0.1) is 0 Å². The summed E-state index contributed by atoms with van der Waals surface area (Å²) in [7, 11) is -2.96. The summed E-state index contributed by atoms with van der Waals surface area (Å²) in [4.78, 5) is 11.9. The van der Waals surface area contributed by atoms with Crippen molar-refractivity contribution >= 4 is 27.3 Å². The van der Waals surface area contributed by atoms with E-state index in [1.165, 1.54) is 0 Å². The molecule has 1 aromatic rings. The summed E-state index contributed by atoms with van der Waals surface area (Å²) >= 11 is 5.93. The molecular weight excluding hydrogens is 298 g/mol. The average Bonchev–Trinajstić information content (AvgIpc) is 2.68. The van der Waals surface area contributed by atoms with Gasteiger partial charge in [0, 0.05) is 17.5 Å². The third kappa shape index (κ3) is 4.21. The highest BCUT2D eigenvalue weighted by Gasteiger charge is 2.29. The van der Waals surface area contributed by atoms with Crippen molar-refractivity contribution in [2.45, 2.75) is 31.7 Å². The van der Waals surface area contributed by atoms with Gasteiger partial charge in [0.1, 0.15) is 0 Å². The molecule has 1 fully saturated rings. The molecule has 1 aromatic carbocycles. The van der Waals surface area contributed by atoms with Crippen LogP contribution in [0.4, 0.5) is 0 Å². The van der Waals surface area contributed by atoms with Crippen molar-refractivity contribution in [1.29, 1.82) is 0 Å². The number of sulfone groups is 1. The van der Waals surface area contributed by atoms with Gasteiger partial charge in [-0.15, -0.1) is 0 Å². The molecular formula is C14H18ClNO3S. The van der Waals surface area contributed by atoms with Crippen LogP contribution in [0.15, 0.2) is 24.3 Å². The lowest BCUT2D eigenvalue weighted by Gasteiger charge is -2.15. The molecule has 1 heterocycles. The summed E-state index contributed by atoms with van der Waals surface area (Å²) in [5.74, 6) is 0.165. The van der Waals surface area contributed by atoms with Crippen LogP contribution in [0.25, 0.3) is 0 Å². The van der Waals surface area contributed by atoms with E-state index in [4.69, 9.17) is 11.6 Å². The van der Waals surface area contributed by atoms with Gasteiger partial charge in [-0.25, -0.2) is 8.42 Å². The number of carbonyl (C=O) groups is 1. The zero-order chi connectivity index (χ0) is 14.8. The van der Waals surface area contributed by atoms with Crippen LogP contribution in [-0.4, -0.2) is 31.9 Å². The largest absolute Gasteiger partial charge is 0.352 e. The third-order valence-corrected chi connectivity index (χ3v) is 5.51. The first-order chi connectivity index (χ1) is 9.35. The number of amides is 1. The summed E-state index contributed by atoms with van der Waals surface area (Å²) in [6, 6.07) is 7.19. The first kappa shape index (κ1) is 15.3. The molecule has 1 amide bonds. The summed E-state index contributed by atoms with van der Waals surface area (Å²) in [6.07, 6.45) is 0.844. The van der Waals surface area contributed by atoms with Gasteiger partial charge in [-0.05, 0) is 30.0 Å².